The standard InChI is InChI=1S/C24H27N3O3/c1-15(2)30-22-11-8-16(12-23(22)29-3)14-25-27-24(28)17-9-10-21-19(13-17)18-6-4-5-7-20(18)26-21/h8-15,26H,4-7H2,1-3H3,(H,27,28)/b25-14-. The summed E-state index contributed by atoms with van der Waals surface area (Å²) in [5, 5.41) is 5.26. The number of ether oxygens (including phenoxy) is 2. The van der Waals surface area contributed by atoms with Crippen LogP contribution >= 0.6 is 0 Å². The summed E-state index contributed by atoms with van der Waals surface area (Å²) in [7, 11) is 1.60. The van der Waals surface area contributed by atoms with Crippen molar-refractivity contribution < 1.29 is 14.3 Å². The summed E-state index contributed by atoms with van der Waals surface area (Å²) in [6.45, 7) is 3.93. The maximum absolute atomic E-state index is 12.6. The van der Waals surface area contributed by atoms with Gasteiger partial charge < -0.3 is 14.5 Å². The van der Waals surface area contributed by atoms with Crippen molar-refractivity contribution in [3.8, 4) is 11.5 Å². The average molecular weight is 405 g/mol. The lowest BCUT2D eigenvalue weighted by molar-refractivity contribution is 0.0955. The first kappa shape index (κ1) is 20.0. The molecule has 30 heavy (non-hydrogen) atoms. The van der Waals surface area contributed by atoms with Crippen LogP contribution in [-0.4, -0.2) is 30.3 Å². The van der Waals surface area contributed by atoms with Crippen LogP contribution in [0.2, 0.25) is 0 Å². The number of nitrogens with one attached hydrogen (secondary N) is 2. The van der Waals surface area contributed by atoms with E-state index < -0.39 is 0 Å². The van der Waals surface area contributed by atoms with Crippen molar-refractivity contribution in [2.75, 3.05) is 7.11 Å². The third kappa shape index (κ3) is 4.17. The molecule has 0 radical (unpaired) electrons. The molecule has 6 heteroatoms. The number of hydrazone groups is 1. The number of benzene rings is 2. The van der Waals surface area contributed by atoms with Crippen molar-refractivity contribution in [2.45, 2.75) is 45.6 Å². The predicted molar refractivity (Wildman–Crippen MR) is 119 cm³/mol. The Labute approximate surface area is 176 Å². The molecule has 1 aromatic heterocycles. The van der Waals surface area contributed by atoms with E-state index in [9.17, 15) is 4.79 Å². The summed E-state index contributed by atoms with van der Waals surface area (Å²) in [5.74, 6) is 1.07. The van der Waals surface area contributed by atoms with Crippen LogP contribution in [0.4, 0.5) is 0 Å². The predicted octanol–water partition coefficient (Wildman–Crippen LogP) is 4.61. The second kappa shape index (κ2) is 8.61. The largest absolute Gasteiger partial charge is 0.493 e. The Morgan fingerprint density at radius 2 is 1.97 bits per heavy atom. The second-order valence-electron chi connectivity index (χ2n) is 7.83. The van der Waals surface area contributed by atoms with Crippen molar-refractivity contribution in [1.29, 1.82) is 0 Å². The fourth-order valence-electron chi connectivity index (χ4n) is 3.89. The zero-order valence-electron chi connectivity index (χ0n) is 17.6. The molecule has 0 fully saturated rings. The van der Waals surface area contributed by atoms with Gasteiger partial charge in [0, 0.05) is 22.2 Å². The molecule has 1 amide bonds. The highest BCUT2D eigenvalue weighted by Crippen LogP contribution is 2.30. The van der Waals surface area contributed by atoms with Gasteiger partial charge in [-0.05, 0) is 87.1 Å². The summed E-state index contributed by atoms with van der Waals surface area (Å²) in [5.41, 5.74) is 7.78. The number of rotatable bonds is 6. The lowest BCUT2D eigenvalue weighted by atomic mass is 9.95. The van der Waals surface area contributed by atoms with E-state index in [2.05, 4.69) is 15.5 Å². The SMILES string of the molecule is COc1cc(/C=N\NC(=O)c2ccc3[nH]c4c(c3c2)CCCC4)ccc1OC(C)C. The average Bonchev–Trinajstić information content (AvgIpc) is 3.12. The van der Waals surface area contributed by atoms with Crippen LogP contribution in [-0.2, 0) is 12.8 Å². The molecule has 0 bridgehead atoms. The highest BCUT2D eigenvalue weighted by Gasteiger charge is 2.16. The first-order chi connectivity index (χ1) is 14.5. The molecule has 0 aliphatic heterocycles. The molecule has 156 valence electrons. The number of amides is 1. The molecule has 2 N–H and O–H groups in total. The maximum atomic E-state index is 12.6. The molecule has 2 aromatic carbocycles. The second-order valence-corrected chi connectivity index (χ2v) is 7.83. The zero-order valence-corrected chi connectivity index (χ0v) is 17.6. The number of hydrogen-bond acceptors (Lipinski definition) is 4. The van der Waals surface area contributed by atoms with Crippen molar-refractivity contribution in [2.24, 2.45) is 5.10 Å². The smallest absolute Gasteiger partial charge is 0.271 e. The van der Waals surface area contributed by atoms with Crippen molar-refractivity contribution in [3.05, 3.63) is 58.8 Å². The van der Waals surface area contributed by atoms with Gasteiger partial charge >= 0.3 is 0 Å². The van der Waals surface area contributed by atoms with E-state index in [0.29, 0.717) is 17.1 Å². The molecular weight excluding hydrogens is 378 g/mol. The maximum Gasteiger partial charge on any atom is 0.271 e. The molecule has 3 aromatic rings. The van der Waals surface area contributed by atoms with Gasteiger partial charge in [0.05, 0.1) is 19.4 Å². The van der Waals surface area contributed by atoms with E-state index in [1.807, 2.05) is 50.2 Å². The van der Waals surface area contributed by atoms with Gasteiger partial charge in [-0.3, -0.25) is 4.79 Å². The number of carbonyl (C=O) groups is 1. The summed E-state index contributed by atoms with van der Waals surface area (Å²) in [6, 6.07) is 11.3. The van der Waals surface area contributed by atoms with Crippen LogP contribution in [0.5, 0.6) is 11.5 Å². The van der Waals surface area contributed by atoms with Crippen LogP contribution in [0.3, 0.4) is 0 Å². The van der Waals surface area contributed by atoms with Gasteiger partial charge in [-0.2, -0.15) is 5.10 Å². The van der Waals surface area contributed by atoms with E-state index in [1.54, 1.807) is 13.3 Å². The van der Waals surface area contributed by atoms with Gasteiger partial charge in [0.1, 0.15) is 0 Å². The minimum absolute atomic E-state index is 0.0562. The number of methoxy groups -OCH3 is 1. The van der Waals surface area contributed by atoms with Gasteiger partial charge in [-0.1, -0.05) is 0 Å². The minimum atomic E-state index is -0.231. The van der Waals surface area contributed by atoms with Crippen molar-refractivity contribution >= 4 is 23.0 Å². The first-order valence-corrected chi connectivity index (χ1v) is 10.4. The van der Waals surface area contributed by atoms with Gasteiger partial charge in [-0.25, -0.2) is 5.43 Å². The molecule has 1 aliphatic carbocycles. The Morgan fingerprint density at radius 1 is 1.13 bits per heavy atom. The Bertz CT molecular complexity index is 1100. The van der Waals surface area contributed by atoms with Gasteiger partial charge in [0.15, 0.2) is 11.5 Å². The number of H-pyrrole nitrogens is 1. The molecule has 4 rings (SSSR count). The number of carbonyl (C=O) groups excluding carboxylic acids is 1. The first-order valence-electron chi connectivity index (χ1n) is 10.4. The number of aromatic nitrogens is 1. The molecule has 0 atom stereocenters. The van der Waals surface area contributed by atoms with Gasteiger partial charge in [-0.15, -0.1) is 0 Å². The highest BCUT2D eigenvalue weighted by molar-refractivity contribution is 5.99. The Hall–Kier alpha value is -3.28. The highest BCUT2D eigenvalue weighted by atomic mass is 16.5. The monoisotopic (exact) mass is 405 g/mol. The number of nitrogens with zero attached hydrogens (tertiary/aromatic N) is 1. The Kier molecular flexibility index (Phi) is 5.74. The molecular formula is C24H27N3O3. The summed E-state index contributed by atoms with van der Waals surface area (Å²) < 4.78 is 11.1. The molecule has 1 aliphatic rings. The zero-order chi connectivity index (χ0) is 21.1. The van der Waals surface area contributed by atoms with Gasteiger partial charge in [0.25, 0.3) is 5.91 Å². The van der Waals surface area contributed by atoms with E-state index in [0.717, 1.165) is 29.3 Å². The topological polar surface area (TPSA) is 75.7 Å². The fourth-order valence-corrected chi connectivity index (χ4v) is 3.89. The van der Waals surface area contributed by atoms with Crippen LogP contribution in [0.15, 0.2) is 41.5 Å². The molecule has 6 nitrogen and oxygen atoms in total. The third-order valence-corrected chi connectivity index (χ3v) is 5.29. The molecule has 0 saturated carbocycles. The van der Waals surface area contributed by atoms with Crippen LogP contribution in [0.1, 0.15) is 53.9 Å². The normalized spacial score (nSPS) is 13.6. The van der Waals surface area contributed by atoms with E-state index in [1.165, 1.54) is 24.1 Å². The third-order valence-electron chi connectivity index (χ3n) is 5.29. The quantitative estimate of drug-likeness (QED) is 0.465. The van der Waals surface area contributed by atoms with Crippen LogP contribution < -0.4 is 14.9 Å². The number of hydrogen-bond donors (Lipinski definition) is 2. The van der Waals surface area contributed by atoms with Crippen molar-refractivity contribution in [3.63, 3.8) is 0 Å². The Balaban J connectivity index is 1.47. The summed E-state index contributed by atoms with van der Waals surface area (Å²) in [4.78, 5) is 16.1. The van der Waals surface area contributed by atoms with Crippen LogP contribution in [0, 0.1) is 0 Å². The number of aromatic amines is 1. The summed E-state index contributed by atoms with van der Waals surface area (Å²) in [6.07, 6.45) is 6.22. The Morgan fingerprint density at radius 3 is 2.77 bits per heavy atom. The minimum Gasteiger partial charge on any atom is -0.493 e. The fraction of sp³-hybridized carbons (Fsp3) is 0.333. The molecule has 0 unspecified atom stereocenters. The van der Waals surface area contributed by atoms with E-state index in [4.69, 9.17) is 9.47 Å². The van der Waals surface area contributed by atoms with Crippen LogP contribution in [0.25, 0.3) is 10.9 Å². The molecule has 1 heterocycles. The van der Waals surface area contributed by atoms with Gasteiger partial charge in [0.2, 0.25) is 0 Å². The van der Waals surface area contributed by atoms with E-state index in [-0.39, 0.29) is 12.0 Å². The number of aryl methyl sites for hydroxylation is 2. The lowest BCUT2D eigenvalue weighted by Gasteiger charge is -2.13. The summed E-state index contributed by atoms with van der Waals surface area (Å²) >= 11 is 0. The number of fused-ring (bicyclic) bond motifs is 3. The van der Waals surface area contributed by atoms with Crippen molar-refractivity contribution in [1.82, 2.24) is 10.4 Å². The molecule has 0 saturated heterocycles. The molecule has 0 spiro atoms. The lowest BCUT2D eigenvalue weighted by Crippen LogP contribution is -2.17. The van der Waals surface area contributed by atoms with E-state index >= 15 is 0 Å².